The van der Waals surface area contributed by atoms with E-state index in [0.29, 0.717) is 5.56 Å². The van der Waals surface area contributed by atoms with Gasteiger partial charge in [0.25, 0.3) is 11.6 Å². The van der Waals surface area contributed by atoms with Gasteiger partial charge in [0.1, 0.15) is 12.3 Å². The van der Waals surface area contributed by atoms with Crippen molar-refractivity contribution in [2.75, 3.05) is 6.61 Å². The number of hydrogen-bond acceptors (Lipinski definition) is 7. The number of amides is 1. The molecule has 10 heteroatoms. The number of nitrogens with one attached hydrogen (secondary N) is 1. The van der Waals surface area contributed by atoms with E-state index in [9.17, 15) is 24.8 Å². The third-order valence-electron chi connectivity index (χ3n) is 4.67. The number of aromatic nitrogens is 1. The summed E-state index contributed by atoms with van der Waals surface area (Å²) in [5.41, 5.74) is 3.89. The third-order valence-corrected chi connectivity index (χ3v) is 4.67. The summed E-state index contributed by atoms with van der Waals surface area (Å²) in [4.78, 5) is 34.5. The maximum atomic E-state index is 12.3. The second kappa shape index (κ2) is 9.08. The second-order valence-electron chi connectivity index (χ2n) is 6.57. The highest BCUT2D eigenvalue weighted by molar-refractivity contribution is 6.02. The van der Waals surface area contributed by atoms with Crippen LogP contribution in [0.2, 0.25) is 0 Å². The molecule has 0 unspecified atom stereocenters. The average Bonchev–Trinajstić information content (AvgIpc) is 3.00. The number of rotatable bonds is 7. The summed E-state index contributed by atoms with van der Waals surface area (Å²) in [5.74, 6) is -1.57. The molecule has 3 aromatic rings. The van der Waals surface area contributed by atoms with Crippen LogP contribution in [0.15, 0.2) is 47.6 Å². The van der Waals surface area contributed by atoms with Gasteiger partial charge in [-0.05, 0) is 26.0 Å². The molecular formula is C21H20N4O6. The van der Waals surface area contributed by atoms with Crippen molar-refractivity contribution in [2.24, 2.45) is 5.10 Å². The van der Waals surface area contributed by atoms with Crippen LogP contribution in [-0.4, -0.2) is 39.3 Å². The summed E-state index contributed by atoms with van der Waals surface area (Å²) in [6.07, 6.45) is 1.42. The Labute approximate surface area is 176 Å². The maximum absolute atomic E-state index is 12.3. The minimum atomic E-state index is -0.801. The van der Waals surface area contributed by atoms with Crippen LogP contribution in [0.1, 0.15) is 28.5 Å². The number of carbonyl (C=O) groups is 2. The van der Waals surface area contributed by atoms with Gasteiger partial charge in [0.05, 0.1) is 23.3 Å². The summed E-state index contributed by atoms with van der Waals surface area (Å²) in [6, 6.07) is 10.5. The van der Waals surface area contributed by atoms with Crippen molar-refractivity contribution in [3.63, 3.8) is 0 Å². The topological polar surface area (TPSA) is 136 Å². The third kappa shape index (κ3) is 4.53. The van der Waals surface area contributed by atoms with Crippen LogP contribution in [0, 0.1) is 17.0 Å². The van der Waals surface area contributed by atoms with E-state index in [2.05, 4.69) is 10.5 Å². The smallest absolute Gasteiger partial charge is 0.325 e. The Morgan fingerprint density at radius 2 is 2.03 bits per heavy atom. The fraction of sp³-hybridized carbons (Fsp3) is 0.190. The molecule has 0 bridgehead atoms. The molecular weight excluding hydrogens is 404 g/mol. The number of carbonyl (C=O) groups excluding carboxylic acids is 2. The van der Waals surface area contributed by atoms with Crippen LogP contribution in [0.3, 0.4) is 0 Å². The first-order valence-electron chi connectivity index (χ1n) is 9.37. The molecule has 2 N–H and O–H groups in total. The van der Waals surface area contributed by atoms with Gasteiger partial charge in [-0.15, -0.1) is 0 Å². The molecule has 1 heterocycles. The molecule has 0 aliphatic rings. The molecule has 1 aromatic heterocycles. The highest BCUT2D eigenvalue weighted by Crippen LogP contribution is 2.25. The first kappa shape index (κ1) is 21.5. The number of aromatic hydroxyl groups is 1. The fourth-order valence-corrected chi connectivity index (χ4v) is 3.20. The fourth-order valence-electron chi connectivity index (χ4n) is 3.20. The number of esters is 1. The quantitative estimate of drug-likeness (QED) is 0.259. The lowest BCUT2D eigenvalue weighted by molar-refractivity contribution is -0.384. The number of fused-ring (bicyclic) bond motifs is 1. The molecule has 3 rings (SSSR count). The van der Waals surface area contributed by atoms with E-state index in [4.69, 9.17) is 4.74 Å². The van der Waals surface area contributed by atoms with Crippen molar-refractivity contribution in [1.82, 2.24) is 9.99 Å². The van der Waals surface area contributed by atoms with Crippen LogP contribution in [-0.2, 0) is 16.1 Å². The Bertz CT molecular complexity index is 1200. The van der Waals surface area contributed by atoms with Gasteiger partial charge < -0.3 is 14.4 Å². The van der Waals surface area contributed by atoms with Gasteiger partial charge in [-0.25, -0.2) is 5.43 Å². The molecule has 2 aromatic carbocycles. The Morgan fingerprint density at radius 1 is 1.29 bits per heavy atom. The summed E-state index contributed by atoms with van der Waals surface area (Å²) < 4.78 is 6.83. The zero-order chi connectivity index (χ0) is 22.5. The minimum Gasteiger partial charge on any atom is -0.507 e. The van der Waals surface area contributed by atoms with E-state index in [-0.39, 0.29) is 30.4 Å². The summed E-state index contributed by atoms with van der Waals surface area (Å²) in [7, 11) is 0. The number of phenolic OH excluding ortho intramolecular Hbond substituents is 1. The van der Waals surface area contributed by atoms with Crippen molar-refractivity contribution < 1.29 is 24.4 Å². The molecule has 10 nitrogen and oxygen atoms in total. The van der Waals surface area contributed by atoms with Crippen LogP contribution in [0.25, 0.3) is 10.9 Å². The Hall–Kier alpha value is -4.21. The van der Waals surface area contributed by atoms with Crippen molar-refractivity contribution in [2.45, 2.75) is 20.4 Å². The summed E-state index contributed by atoms with van der Waals surface area (Å²) >= 11 is 0. The highest BCUT2D eigenvalue weighted by Gasteiger charge is 2.17. The number of para-hydroxylation sites is 1. The maximum Gasteiger partial charge on any atom is 0.325 e. The van der Waals surface area contributed by atoms with E-state index >= 15 is 0 Å². The van der Waals surface area contributed by atoms with Gasteiger partial charge in [-0.2, -0.15) is 5.10 Å². The second-order valence-corrected chi connectivity index (χ2v) is 6.57. The van der Waals surface area contributed by atoms with Crippen LogP contribution < -0.4 is 5.43 Å². The molecule has 0 radical (unpaired) electrons. The average molecular weight is 424 g/mol. The lowest BCUT2D eigenvalue weighted by Gasteiger charge is -2.07. The molecule has 0 saturated carbocycles. The molecule has 0 spiro atoms. The van der Waals surface area contributed by atoms with Crippen LogP contribution in [0.5, 0.6) is 5.75 Å². The van der Waals surface area contributed by atoms with Crippen LogP contribution in [0.4, 0.5) is 5.69 Å². The first-order chi connectivity index (χ1) is 14.8. The molecule has 31 heavy (non-hydrogen) atoms. The first-order valence-corrected chi connectivity index (χ1v) is 9.37. The standard InChI is InChI=1S/C21H20N4O6/c1-3-31-20(27)12-24-13(2)17(15-6-4-5-7-18(15)24)11-22-23-21(28)16-10-14(25(29)30)8-9-19(16)26/h4-11,26H,3,12H2,1-2H3,(H,23,28)/b22-11-. The van der Waals surface area contributed by atoms with Gasteiger partial charge in [0.2, 0.25) is 0 Å². The monoisotopic (exact) mass is 424 g/mol. The number of phenols is 1. The minimum absolute atomic E-state index is 0.0297. The van der Waals surface area contributed by atoms with E-state index in [0.717, 1.165) is 34.8 Å². The molecule has 0 saturated heterocycles. The van der Waals surface area contributed by atoms with Crippen molar-refractivity contribution in [1.29, 1.82) is 0 Å². The van der Waals surface area contributed by atoms with E-state index in [1.165, 1.54) is 6.21 Å². The number of hydrogen-bond donors (Lipinski definition) is 2. The normalized spacial score (nSPS) is 11.0. The van der Waals surface area contributed by atoms with Crippen molar-refractivity contribution in [3.8, 4) is 5.75 Å². The zero-order valence-electron chi connectivity index (χ0n) is 16.9. The molecule has 0 atom stereocenters. The Balaban J connectivity index is 1.88. The number of non-ortho nitro benzene ring substituents is 1. The number of nitrogens with zero attached hydrogens (tertiary/aromatic N) is 3. The molecule has 1 amide bonds. The zero-order valence-corrected chi connectivity index (χ0v) is 16.9. The van der Waals surface area contributed by atoms with E-state index in [1.54, 1.807) is 11.5 Å². The van der Waals surface area contributed by atoms with Crippen LogP contribution >= 0.6 is 0 Å². The Kier molecular flexibility index (Phi) is 6.29. The van der Waals surface area contributed by atoms with Gasteiger partial charge in [0.15, 0.2) is 0 Å². The van der Waals surface area contributed by atoms with E-state index in [1.807, 2.05) is 31.2 Å². The van der Waals surface area contributed by atoms with Crippen molar-refractivity contribution >= 4 is 34.7 Å². The van der Waals surface area contributed by atoms with E-state index < -0.39 is 16.6 Å². The number of ether oxygens (including phenoxy) is 1. The molecule has 0 fully saturated rings. The SMILES string of the molecule is CCOC(=O)Cn1c(C)c(/C=N\NC(=O)c2cc([N+](=O)[O-])ccc2O)c2ccccc21. The highest BCUT2D eigenvalue weighted by atomic mass is 16.6. The summed E-state index contributed by atoms with van der Waals surface area (Å²) in [6.45, 7) is 3.86. The largest absolute Gasteiger partial charge is 0.507 e. The number of benzene rings is 2. The lowest BCUT2D eigenvalue weighted by Crippen LogP contribution is -2.18. The number of nitro groups is 1. The molecule has 0 aliphatic carbocycles. The predicted molar refractivity (Wildman–Crippen MR) is 113 cm³/mol. The lowest BCUT2D eigenvalue weighted by atomic mass is 10.1. The van der Waals surface area contributed by atoms with Crippen molar-refractivity contribution in [3.05, 3.63) is 69.4 Å². The van der Waals surface area contributed by atoms with Gasteiger partial charge in [0, 0.05) is 34.3 Å². The van der Waals surface area contributed by atoms with Gasteiger partial charge >= 0.3 is 5.97 Å². The predicted octanol–water partition coefficient (Wildman–Crippen LogP) is 2.89. The number of nitro benzene ring substituents is 1. The summed E-state index contributed by atoms with van der Waals surface area (Å²) in [5, 5.41) is 25.5. The van der Waals surface area contributed by atoms with Gasteiger partial charge in [-0.1, -0.05) is 18.2 Å². The Morgan fingerprint density at radius 3 is 2.74 bits per heavy atom. The molecule has 160 valence electrons. The van der Waals surface area contributed by atoms with Gasteiger partial charge in [-0.3, -0.25) is 19.7 Å². The number of hydrazone groups is 1. The molecule has 0 aliphatic heterocycles.